The zero-order valence-corrected chi connectivity index (χ0v) is 28.8. The molecule has 9 aromatic rings. The molecule has 0 saturated heterocycles. The Bertz CT molecular complexity index is 2460. The molecule has 2 heterocycles. The van der Waals surface area contributed by atoms with Gasteiger partial charge in [0, 0.05) is 19.2 Å². The summed E-state index contributed by atoms with van der Waals surface area (Å²) in [6.45, 7) is 0. The van der Waals surface area contributed by atoms with Crippen molar-refractivity contribution in [2.75, 3.05) is 0 Å². The third kappa shape index (κ3) is 3.50. The van der Waals surface area contributed by atoms with Crippen LogP contribution in [-0.4, -0.2) is 0 Å². The smallest absolute Gasteiger partial charge is 0.0728 e. The molecule has 0 fully saturated rings. The van der Waals surface area contributed by atoms with E-state index in [2.05, 4.69) is 182 Å². The molecule has 50 heavy (non-hydrogen) atoms. The lowest BCUT2D eigenvalue weighted by atomic mass is 9.65. The van der Waals surface area contributed by atoms with Crippen molar-refractivity contribution < 1.29 is 0 Å². The molecule has 0 nitrogen and oxygen atoms in total. The summed E-state index contributed by atoms with van der Waals surface area (Å²) < 4.78 is 2.67. The van der Waals surface area contributed by atoms with Crippen LogP contribution >= 0.6 is 22.7 Å². The van der Waals surface area contributed by atoms with Gasteiger partial charge in [0.1, 0.15) is 0 Å². The molecular formula is C48H30S2. The van der Waals surface area contributed by atoms with Crippen LogP contribution in [0.4, 0.5) is 0 Å². The van der Waals surface area contributed by atoms with Crippen LogP contribution in [0.5, 0.6) is 0 Å². The molecule has 0 amide bonds. The molecule has 0 atom stereocenters. The Balaban J connectivity index is 1.36. The zero-order chi connectivity index (χ0) is 32.9. The van der Waals surface area contributed by atoms with Crippen molar-refractivity contribution in [3.8, 4) is 20.9 Å². The van der Waals surface area contributed by atoms with Crippen molar-refractivity contribution in [1.82, 2.24) is 0 Å². The van der Waals surface area contributed by atoms with Crippen LogP contribution in [0.2, 0.25) is 0 Å². The summed E-state index contributed by atoms with van der Waals surface area (Å²) in [5.74, 6) is 0. The van der Waals surface area contributed by atoms with E-state index >= 15 is 0 Å². The minimum atomic E-state index is -0.469. The first kappa shape index (κ1) is 28.3. The lowest BCUT2D eigenvalue weighted by Crippen LogP contribution is -2.30. The summed E-state index contributed by atoms with van der Waals surface area (Å²) in [5.41, 5.74) is 12.6. The second-order valence-electron chi connectivity index (χ2n) is 13.5. The predicted octanol–water partition coefficient (Wildman–Crippen LogP) is 12.8. The molecule has 2 aromatic heterocycles. The Morgan fingerprint density at radius 1 is 0.320 bits per heavy atom. The standard InChI is InChI=1S/C48H30S2/c1-5-17-31(18-6-1)47(32-19-7-2-8-20-32)39-29-38-40(30-37(39)45-43(47)35-25-13-15-27-41(35)49-45)48(33-21-9-3-10-22-33,34-23-11-4-12-24-34)44-36-26-14-16-28-42(36)50-46(38)44/h1-30H. The number of benzene rings is 7. The summed E-state index contributed by atoms with van der Waals surface area (Å²) in [6.07, 6.45) is 0. The minimum absolute atomic E-state index is 0.469. The first-order valence-electron chi connectivity index (χ1n) is 17.3. The van der Waals surface area contributed by atoms with Gasteiger partial charge in [-0.3, -0.25) is 0 Å². The predicted molar refractivity (Wildman–Crippen MR) is 212 cm³/mol. The van der Waals surface area contributed by atoms with Gasteiger partial charge in [0.25, 0.3) is 0 Å². The van der Waals surface area contributed by atoms with Crippen LogP contribution < -0.4 is 0 Å². The minimum Gasteiger partial charge on any atom is -0.135 e. The Labute approximate surface area is 299 Å². The molecule has 0 saturated carbocycles. The van der Waals surface area contributed by atoms with Gasteiger partial charge in [0.05, 0.1) is 10.8 Å². The summed E-state index contributed by atoms with van der Waals surface area (Å²) >= 11 is 3.90. The van der Waals surface area contributed by atoms with Crippen molar-refractivity contribution >= 4 is 42.8 Å². The number of fused-ring (bicyclic) bond motifs is 10. The highest BCUT2D eigenvalue weighted by Gasteiger charge is 2.53. The van der Waals surface area contributed by atoms with Crippen molar-refractivity contribution in [2.45, 2.75) is 10.8 Å². The van der Waals surface area contributed by atoms with Gasteiger partial charge in [-0.1, -0.05) is 158 Å². The first-order valence-corrected chi connectivity index (χ1v) is 18.9. The molecule has 0 unspecified atom stereocenters. The van der Waals surface area contributed by atoms with E-state index in [9.17, 15) is 0 Å². The van der Waals surface area contributed by atoms with Crippen LogP contribution in [0.15, 0.2) is 182 Å². The Morgan fingerprint density at radius 2 is 0.620 bits per heavy atom. The molecule has 11 rings (SSSR count). The monoisotopic (exact) mass is 670 g/mol. The fraction of sp³-hybridized carbons (Fsp3) is 0.0417. The van der Waals surface area contributed by atoms with E-state index in [-0.39, 0.29) is 0 Å². The zero-order valence-electron chi connectivity index (χ0n) is 27.1. The van der Waals surface area contributed by atoms with E-state index in [4.69, 9.17) is 0 Å². The van der Waals surface area contributed by atoms with E-state index in [1.165, 1.54) is 85.6 Å². The topological polar surface area (TPSA) is 0 Å². The van der Waals surface area contributed by atoms with Crippen LogP contribution in [0.25, 0.3) is 41.1 Å². The molecule has 0 bridgehead atoms. The molecule has 0 spiro atoms. The Morgan fingerprint density at radius 3 is 0.960 bits per heavy atom. The quantitative estimate of drug-likeness (QED) is 0.175. The average molecular weight is 671 g/mol. The molecule has 234 valence electrons. The number of hydrogen-bond donors (Lipinski definition) is 0. The number of hydrogen-bond acceptors (Lipinski definition) is 2. The highest BCUT2D eigenvalue weighted by Crippen LogP contribution is 2.66. The summed E-state index contributed by atoms with van der Waals surface area (Å²) in [5, 5.41) is 2.69. The van der Waals surface area contributed by atoms with Gasteiger partial charge in [0.15, 0.2) is 0 Å². The highest BCUT2D eigenvalue weighted by atomic mass is 32.1. The van der Waals surface area contributed by atoms with Crippen LogP contribution in [0.1, 0.15) is 44.5 Å². The van der Waals surface area contributed by atoms with Crippen LogP contribution in [0.3, 0.4) is 0 Å². The van der Waals surface area contributed by atoms with Crippen molar-refractivity contribution in [1.29, 1.82) is 0 Å². The van der Waals surface area contributed by atoms with Gasteiger partial charge < -0.3 is 0 Å². The maximum Gasteiger partial charge on any atom is 0.0728 e. The van der Waals surface area contributed by atoms with E-state index < -0.39 is 10.8 Å². The van der Waals surface area contributed by atoms with Crippen molar-refractivity contribution in [3.63, 3.8) is 0 Å². The molecule has 2 heteroatoms. The molecule has 2 aliphatic rings. The highest BCUT2D eigenvalue weighted by molar-refractivity contribution is 7.23. The molecule has 0 radical (unpaired) electrons. The first-order chi connectivity index (χ1) is 24.8. The Kier molecular flexibility index (Phi) is 5.94. The lowest BCUT2D eigenvalue weighted by molar-refractivity contribution is 0.766. The average Bonchev–Trinajstić information content (AvgIpc) is 3.91. The third-order valence-electron chi connectivity index (χ3n) is 11.2. The molecule has 2 aliphatic carbocycles. The van der Waals surface area contributed by atoms with Gasteiger partial charge in [-0.15, -0.1) is 22.7 Å². The van der Waals surface area contributed by atoms with Crippen LogP contribution in [-0.2, 0) is 10.8 Å². The number of rotatable bonds is 4. The summed E-state index contributed by atoms with van der Waals surface area (Å²) in [6, 6.07) is 68.2. The van der Waals surface area contributed by atoms with Gasteiger partial charge in [-0.25, -0.2) is 0 Å². The van der Waals surface area contributed by atoms with Crippen molar-refractivity contribution in [3.05, 3.63) is 226 Å². The molecule has 7 aromatic carbocycles. The number of thiophene rings is 2. The molecule has 0 N–H and O–H groups in total. The van der Waals surface area contributed by atoms with E-state index in [1.807, 2.05) is 22.7 Å². The largest absolute Gasteiger partial charge is 0.135 e. The molecule has 0 aliphatic heterocycles. The van der Waals surface area contributed by atoms with Gasteiger partial charge >= 0.3 is 0 Å². The normalized spacial score (nSPS) is 14.7. The summed E-state index contributed by atoms with van der Waals surface area (Å²) in [7, 11) is 0. The third-order valence-corrected chi connectivity index (χ3v) is 13.6. The van der Waals surface area contributed by atoms with E-state index in [0.717, 1.165) is 0 Å². The maximum atomic E-state index is 2.61. The van der Waals surface area contributed by atoms with Crippen molar-refractivity contribution in [2.24, 2.45) is 0 Å². The molecular weight excluding hydrogens is 641 g/mol. The second kappa shape index (κ2) is 10.5. The maximum absolute atomic E-state index is 2.61. The van der Waals surface area contributed by atoms with Gasteiger partial charge in [0.2, 0.25) is 0 Å². The van der Waals surface area contributed by atoms with E-state index in [1.54, 1.807) is 0 Å². The Hall–Kier alpha value is -5.54. The van der Waals surface area contributed by atoms with Gasteiger partial charge in [-0.2, -0.15) is 0 Å². The summed E-state index contributed by atoms with van der Waals surface area (Å²) in [4.78, 5) is 2.76. The lowest BCUT2D eigenvalue weighted by Gasteiger charge is -2.35. The SMILES string of the molecule is c1ccc(C2(c3ccccc3)c3cc4c(cc3-c3sc5ccccc5c32)C(c2ccccc2)(c2ccccc2)c2c-4sc3ccccc23)cc1. The fourth-order valence-electron chi connectivity index (χ4n) is 9.37. The van der Waals surface area contributed by atoms with E-state index in [0.29, 0.717) is 0 Å². The van der Waals surface area contributed by atoms with Gasteiger partial charge in [-0.05, 0) is 90.7 Å². The second-order valence-corrected chi connectivity index (χ2v) is 15.6. The fourth-order valence-corrected chi connectivity index (χ4v) is 11.9. The van der Waals surface area contributed by atoms with Crippen LogP contribution in [0, 0.1) is 0 Å².